The van der Waals surface area contributed by atoms with Crippen molar-refractivity contribution in [2.45, 2.75) is 64.7 Å². The Balaban J connectivity index is 2.76. The Labute approximate surface area is 125 Å². The van der Waals surface area contributed by atoms with E-state index >= 15 is 0 Å². The van der Waals surface area contributed by atoms with Gasteiger partial charge in [0.05, 0.1) is 12.1 Å². The van der Waals surface area contributed by atoms with Crippen molar-refractivity contribution < 1.29 is 19.4 Å². The normalized spacial score (nSPS) is 27.3. The van der Waals surface area contributed by atoms with Crippen molar-refractivity contribution in [1.82, 2.24) is 4.90 Å². The van der Waals surface area contributed by atoms with Gasteiger partial charge in [-0.25, -0.2) is 4.79 Å². The molecule has 1 fully saturated rings. The Hall–Kier alpha value is -0.750. The van der Waals surface area contributed by atoms with Gasteiger partial charge >= 0.3 is 6.09 Å². The smallest absolute Gasteiger partial charge is 0.410 e. The van der Waals surface area contributed by atoms with E-state index < -0.39 is 17.3 Å². The Bertz CT molecular complexity index is 376. The van der Waals surface area contributed by atoms with E-state index in [1.165, 1.54) is 18.7 Å². The van der Waals surface area contributed by atoms with Gasteiger partial charge in [-0.3, -0.25) is 4.79 Å². The van der Waals surface area contributed by atoms with Crippen LogP contribution in [0.5, 0.6) is 0 Å². The standard InChI is InChI=1S/C14H25NO4S/c1-10(16)20-8-11-6-7-14(5,18)9-15(11)12(17)19-13(2,3)4/h11,18H,6-9H2,1-5H3/t11-,14-/m1/s1. The summed E-state index contributed by atoms with van der Waals surface area (Å²) in [5.41, 5.74) is -1.47. The summed E-state index contributed by atoms with van der Waals surface area (Å²) >= 11 is 1.21. The summed E-state index contributed by atoms with van der Waals surface area (Å²) in [6.45, 7) is 8.91. The molecule has 2 atom stereocenters. The maximum atomic E-state index is 12.3. The monoisotopic (exact) mass is 303 g/mol. The fraction of sp³-hybridized carbons (Fsp3) is 0.857. The first kappa shape index (κ1) is 17.3. The summed E-state index contributed by atoms with van der Waals surface area (Å²) in [7, 11) is 0. The van der Waals surface area contributed by atoms with Crippen LogP contribution in [0.15, 0.2) is 0 Å². The van der Waals surface area contributed by atoms with Gasteiger partial charge in [-0.15, -0.1) is 0 Å². The molecule has 1 rings (SSSR count). The molecule has 1 amide bonds. The Kier molecular flexibility index (Phi) is 5.49. The van der Waals surface area contributed by atoms with Gasteiger partial charge < -0.3 is 14.7 Å². The van der Waals surface area contributed by atoms with Gasteiger partial charge in [-0.2, -0.15) is 0 Å². The third kappa shape index (κ3) is 5.71. The van der Waals surface area contributed by atoms with Crippen molar-refractivity contribution >= 4 is 23.0 Å². The van der Waals surface area contributed by atoms with E-state index in [9.17, 15) is 14.7 Å². The molecule has 1 aliphatic rings. The van der Waals surface area contributed by atoms with Gasteiger partial charge in [-0.05, 0) is 40.5 Å². The van der Waals surface area contributed by atoms with Crippen LogP contribution in [-0.4, -0.2) is 50.8 Å². The molecule has 0 spiro atoms. The SMILES string of the molecule is CC(=O)SC[C@H]1CC[C@@](C)(O)CN1C(=O)OC(C)(C)C. The molecule has 0 radical (unpaired) electrons. The van der Waals surface area contributed by atoms with Crippen LogP contribution in [0, 0.1) is 0 Å². The van der Waals surface area contributed by atoms with Crippen LogP contribution in [0.2, 0.25) is 0 Å². The third-order valence-corrected chi connectivity index (χ3v) is 4.03. The molecule has 0 aromatic rings. The lowest BCUT2D eigenvalue weighted by Gasteiger charge is -2.42. The minimum atomic E-state index is -0.895. The molecule has 116 valence electrons. The molecule has 5 nitrogen and oxygen atoms in total. The number of amides is 1. The lowest BCUT2D eigenvalue weighted by Crippen LogP contribution is -2.55. The number of hydrogen-bond donors (Lipinski definition) is 1. The summed E-state index contributed by atoms with van der Waals surface area (Å²) in [6.07, 6.45) is 0.869. The number of aliphatic hydroxyl groups is 1. The molecule has 0 unspecified atom stereocenters. The fourth-order valence-electron chi connectivity index (χ4n) is 2.13. The van der Waals surface area contributed by atoms with Crippen molar-refractivity contribution in [3.8, 4) is 0 Å². The molecule has 6 heteroatoms. The molecule has 1 N–H and O–H groups in total. The number of ether oxygens (including phenoxy) is 1. The second kappa shape index (κ2) is 6.35. The van der Waals surface area contributed by atoms with E-state index in [2.05, 4.69) is 0 Å². The first-order valence-electron chi connectivity index (χ1n) is 6.85. The zero-order valence-corrected chi connectivity index (χ0v) is 13.7. The lowest BCUT2D eigenvalue weighted by atomic mass is 9.91. The second-order valence-electron chi connectivity index (χ2n) is 6.60. The molecule has 0 bridgehead atoms. The van der Waals surface area contributed by atoms with E-state index in [-0.39, 0.29) is 17.7 Å². The molecule has 1 aliphatic heterocycles. The topological polar surface area (TPSA) is 66.8 Å². The predicted octanol–water partition coefficient (Wildman–Crippen LogP) is 2.42. The van der Waals surface area contributed by atoms with Gasteiger partial charge in [0, 0.05) is 18.7 Å². The van der Waals surface area contributed by atoms with Crippen LogP contribution in [0.1, 0.15) is 47.5 Å². The number of hydrogen-bond acceptors (Lipinski definition) is 5. The molecule has 1 saturated heterocycles. The van der Waals surface area contributed by atoms with Crippen molar-refractivity contribution in [3.63, 3.8) is 0 Å². The lowest BCUT2D eigenvalue weighted by molar-refractivity contribution is -0.109. The van der Waals surface area contributed by atoms with Crippen molar-refractivity contribution in [1.29, 1.82) is 0 Å². The first-order chi connectivity index (χ1) is 9.00. The number of nitrogens with zero attached hydrogens (tertiary/aromatic N) is 1. The van der Waals surface area contributed by atoms with Gasteiger partial charge in [0.1, 0.15) is 5.60 Å². The van der Waals surface area contributed by atoms with Crippen LogP contribution in [0.25, 0.3) is 0 Å². The predicted molar refractivity (Wildman–Crippen MR) is 79.7 cm³/mol. The average Bonchev–Trinajstić information content (AvgIpc) is 2.23. The maximum absolute atomic E-state index is 12.3. The molecule has 1 heterocycles. The van der Waals surface area contributed by atoms with Crippen LogP contribution in [0.4, 0.5) is 4.79 Å². The average molecular weight is 303 g/mol. The summed E-state index contributed by atoms with van der Waals surface area (Å²) in [4.78, 5) is 24.9. The minimum absolute atomic E-state index is 0.0338. The minimum Gasteiger partial charge on any atom is -0.444 e. The molecule has 20 heavy (non-hydrogen) atoms. The summed E-state index contributed by atoms with van der Waals surface area (Å²) in [5.74, 6) is 0.546. The zero-order valence-electron chi connectivity index (χ0n) is 12.9. The number of carbonyl (C=O) groups excluding carboxylic acids is 2. The van der Waals surface area contributed by atoms with Crippen molar-refractivity contribution in [2.75, 3.05) is 12.3 Å². The van der Waals surface area contributed by atoms with Crippen LogP contribution < -0.4 is 0 Å². The van der Waals surface area contributed by atoms with Gasteiger partial charge in [0.25, 0.3) is 0 Å². The van der Waals surface area contributed by atoms with Gasteiger partial charge in [0.15, 0.2) is 5.12 Å². The van der Waals surface area contributed by atoms with E-state index in [4.69, 9.17) is 4.74 Å². The van der Waals surface area contributed by atoms with Gasteiger partial charge in [-0.1, -0.05) is 11.8 Å². The van der Waals surface area contributed by atoms with Crippen LogP contribution in [0.3, 0.4) is 0 Å². The maximum Gasteiger partial charge on any atom is 0.410 e. The number of carbonyl (C=O) groups is 2. The molecular weight excluding hydrogens is 278 g/mol. The van der Waals surface area contributed by atoms with E-state index in [1.54, 1.807) is 11.8 Å². The first-order valence-corrected chi connectivity index (χ1v) is 7.84. The molecular formula is C14H25NO4S. The van der Waals surface area contributed by atoms with Crippen LogP contribution >= 0.6 is 11.8 Å². The highest BCUT2D eigenvalue weighted by atomic mass is 32.2. The van der Waals surface area contributed by atoms with E-state index in [0.717, 1.165) is 0 Å². The zero-order chi connectivity index (χ0) is 15.6. The van der Waals surface area contributed by atoms with Crippen LogP contribution in [-0.2, 0) is 9.53 Å². The van der Waals surface area contributed by atoms with E-state index in [0.29, 0.717) is 18.6 Å². The fourth-order valence-corrected chi connectivity index (χ4v) is 2.90. The summed E-state index contributed by atoms with van der Waals surface area (Å²) in [5, 5.41) is 10.2. The summed E-state index contributed by atoms with van der Waals surface area (Å²) < 4.78 is 5.39. The summed E-state index contributed by atoms with van der Waals surface area (Å²) in [6, 6.07) is -0.0704. The Morgan fingerprint density at radius 2 is 2.05 bits per heavy atom. The Morgan fingerprint density at radius 3 is 2.55 bits per heavy atom. The van der Waals surface area contributed by atoms with Crippen molar-refractivity contribution in [3.05, 3.63) is 0 Å². The quantitative estimate of drug-likeness (QED) is 0.848. The van der Waals surface area contributed by atoms with Gasteiger partial charge in [0.2, 0.25) is 0 Å². The molecule has 0 aromatic heterocycles. The number of β-amino-alcohol motifs (C(OH)–C–C–N with tert-alkyl or cyclic N) is 1. The number of piperidine rings is 1. The van der Waals surface area contributed by atoms with Crippen molar-refractivity contribution in [2.24, 2.45) is 0 Å². The second-order valence-corrected chi connectivity index (χ2v) is 7.80. The molecule has 0 saturated carbocycles. The third-order valence-electron chi connectivity index (χ3n) is 3.07. The highest BCUT2D eigenvalue weighted by Crippen LogP contribution is 2.28. The highest BCUT2D eigenvalue weighted by Gasteiger charge is 2.39. The number of rotatable bonds is 2. The van der Waals surface area contributed by atoms with E-state index in [1.807, 2.05) is 20.8 Å². The molecule has 0 aromatic carbocycles. The largest absolute Gasteiger partial charge is 0.444 e. The molecule has 0 aliphatic carbocycles. The number of thioether (sulfide) groups is 1. The number of likely N-dealkylation sites (tertiary alicyclic amines) is 1. The Morgan fingerprint density at radius 1 is 1.45 bits per heavy atom. The highest BCUT2D eigenvalue weighted by molar-refractivity contribution is 8.13.